The number of rotatable bonds is 7. The standard InChI is InChI=1S/C13H19NO3S/c1-10(7-9-18)6-8-17-13-11(2)4-3-5-12(13)14(15)16/h3-5,10,18H,6-9H2,1-2H3. The van der Waals surface area contributed by atoms with Crippen LogP contribution < -0.4 is 4.74 Å². The normalized spacial score (nSPS) is 12.2. The third-order valence-electron chi connectivity index (χ3n) is 2.87. The molecule has 18 heavy (non-hydrogen) atoms. The minimum atomic E-state index is -0.403. The summed E-state index contributed by atoms with van der Waals surface area (Å²) in [5.74, 6) is 1.76. The van der Waals surface area contributed by atoms with Crippen LogP contribution in [0.3, 0.4) is 0 Å². The van der Waals surface area contributed by atoms with Crippen LogP contribution in [0.2, 0.25) is 0 Å². The third-order valence-corrected chi connectivity index (χ3v) is 3.12. The van der Waals surface area contributed by atoms with Crippen LogP contribution >= 0.6 is 12.6 Å². The number of nitro groups is 1. The molecule has 1 aromatic rings. The molecule has 0 aromatic heterocycles. The molecule has 0 aliphatic heterocycles. The van der Waals surface area contributed by atoms with Gasteiger partial charge in [-0.15, -0.1) is 0 Å². The Labute approximate surface area is 113 Å². The number of aryl methyl sites for hydroxylation is 1. The largest absolute Gasteiger partial charge is 0.487 e. The Morgan fingerprint density at radius 3 is 2.78 bits per heavy atom. The zero-order valence-electron chi connectivity index (χ0n) is 10.8. The predicted octanol–water partition coefficient (Wildman–Crippen LogP) is 3.63. The first-order chi connectivity index (χ1) is 8.56. The summed E-state index contributed by atoms with van der Waals surface area (Å²) < 4.78 is 5.58. The topological polar surface area (TPSA) is 52.4 Å². The number of hydrogen-bond acceptors (Lipinski definition) is 4. The van der Waals surface area contributed by atoms with Crippen LogP contribution in [-0.4, -0.2) is 17.3 Å². The first-order valence-electron chi connectivity index (χ1n) is 6.04. The minimum Gasteiger partial charge on any atom is -0.487 e. The second-order valence-electron chi connectivity index (χ2n) is 4.43. The van der Waals surface area contributed by atoms with Gasteiger partial charge in [0.2, 0.25) is 0 Å². The Morgan fingerprint density at radius 1 is 1.44 bits per heavy atom. The van der Waals surface area contributed by atoms with E-state index in [9.17, 15) is 10.1 Å². The van der Waals surface area contributed by atoms with Gasteiger partial charge in [-0.05, 0) is 37.0 Å². The lowest BCUT2D eigenvalue weighted by Gasteiger charge is -2.12. The van der Waals surface area contributed by atoms with Crippen molar-refractivity contribution in [1.82, 2.24) is 0 Å². The molecule has 4 nitrogen and oxygen atoms in total. The van der Waals surface area contributed by atoms with Gasteiger partial charge in [-0.1, -0.05) is 19.1 Å². The van der Waals surface area contributed by atoms with Gasteiger partial charge in [-0.2, -0.15) is 12.6 Å². The maximum Gasteiger partial charge on any atom is 0.311 e. The molecular formula is C13H19NO3S. The van der Waals surface area contributed by atoms with Crippen molar-refractivity contribution in [2.24, 2.45) is 5.92 Å². The van der Waals surface area contributed by atoms with Gasteiger partial charge in [0.15, 0.2) is 5.75 Å². The first kappa shape index (κ1) is 14.8. The van der Waals surface area contributed by atoms with Crippen LogP contribution in [0, 0.1) is 23.0 Å². The number of thiol groups is 1. The van der Waals surface area contributed by atoms with Crippen LogP contribution in [0.15, 0.2) is 18.2 Å². The minimum absolute atomic E-state index is 0.0387. The summed E-state index contributed by atoms with van der Waals surface area (Å²) >= 11 is 4.18. The van der Waals surface area contributed by atoms with E-state index in [0.29, 0.717) is 18.3 Å². The van der Waals surface area contributed by atoms with Gasteiger partial charge < -0.3 is 4.74 Å². The Hall–Kier alpha value is -1.23. The molecule has 0 saturated carbocycles. The summed E-state index contributed by atoms with van der Waals surface area (Å²) in [6, 6.07) is 4.96. The lowest BCUT2D eigenvalue weighted by atomic mass is 10.1. The van der Waals surface area contributed by atoms with Gasteiger partial charge in [-0.25, -0.2) is 0 Å². The molecule has 100 valence electrons. The molecular weight excluding hydrogens is 250 g/mol. The molecule has 0 fully saturated rings. The molecule has 0 amide bonds. The van der Waals surface area contributed by atoms with E-state index in [4.69, 9.17) is 4.74 Å². The lowest BCUT2D eigenvalue weighted by molar-refractivity contribution is -0.385. The number of nitro benzene ring substituents is 1. The van der Waals surface area contributed by atoms with E-state index in [1.54, 1.807) is 6.07 Å². The fraction of sp³-hybridized carbons (Fsp3) is 0.538. The molecule has 1 rings (SSSR count). The molecule has 0 radical (unpaired) electrons. The fourth-order valence-electron chi connectivity index (χ4n) is 1.70. The summed E-state index contributed by atoms with van der Waals surface area (Å²) in [6.07, 6.45) is 1.91. The average Bonchev–Trinajstić information content (AvgIpc) is 2.31. The van der Waals surface area contributed by atoms with E-state index in [0.717, 1.165) is 24.2 Å². The molecule has 1 aromatic carbocycles. The number of para-hydroxylation sites is 1. The van der Waals surface area contributed by atoms with Crippen molar-refractivity contribution in [3.8, 4) is 5.75 Å². The van der Waals surface area contributed by atoms with E-state index in [1.807, 2.05) is 13.0 Å². The van der Waals surface area contributed by atoms with Gasteiger partial charge in [0.1, 0.15) is 0 Å². The van der Waals surface area contributed by atoms with Crippen molar-refractivity contribution in [3.05, 3.63) is 33.9 Å². The summed E-state index contributed by atoms with van der Waals surface area (Å²) in [5.41, 5.74) is 0.836. The summed E-state index contributed by atoms with van der Waals surface area (Å²) in [4.78, 5) is 10.5. The highest BCUT2D eigenvalue weighted by molar-refractivity contribution is 7.80. The van der Waals surface area contributed by atoms with E-state index in [2.05, 4.69) is 19.6 Å². The highest BCUT2D eigenvalue weighted by Gasteiger charge is 2.16. The predicted molar refractivity (Wildman–Crippen MR) is 75.6 cm³/mol. The van der Waals surface area contributed by atoms with Crippen molar-refractivity contribution in [2.75, 3.05) is 12.4 Å². The highest BCUT2D eigenvalue weighted by atomic mass is 32.1. The van der Waals surface area contributed by atoms with Gasteiger partial charge >= 0.3 is 5.69 Å². The second kappa shape index (κ2) is 7.26. The number of ether oxygens (including phenoxy) is 1. The summed E-state index contributed by atoms with van der Waals surface area (Å²) in [7, 11) is 0. The monoisotopic (exact) mass is 269 g/mol. The maximum atomic E-state index is 10.9. The van der Waals surface area contributed by atoms with Crippen molar-refractivity contribution in [3.63, 3.8) is 0 Å². The van der Waals surface area contributed by atoms with Crippen molar-refractivity contribution >= 4 is 18.3 Å². The van der Waals surface area contributed by atoms with Gasteiger partial charge in [0.25, 0.3) is 0 Å². The Kier molecular flexibility index (Phi) is 5.98. The zero-order valence-corrected chi connectivity index (χ0v) is 11.7. The van der Waals surface area contributed by atoms with E-state index in [-0.39, 0.29) is 5.69 Å². The summed E-state index contributed by atoms with van der Waals surface area (Å²) in [6.45, 7) is 4.45. The Morgan fingerprint density at radius 2 is 2.17 bits per heavy atom. The third kappa shape index (κ3) is 4.22. The molecule has 5 heteroatoms. The van der Waals surface area contributed by atoms with Gasteiger partial charge in [-0.3, -0.25) is 10.1 Å². The Bertz CT molecular complexity index is 409. The van der Waals surface area contributed by atoms with Gasteiger partial charge in [0.05, 0.1) is 11.5 Å². The average molecular weight is 269 g/mol. The molecule has 1 atom stereocenters. The molecule has 0 N–H and O–H groups in total. The fourth-order valence-corrected chi connectivity index (χ4v) is 2.14. The molecule has 0 bridgehead atoms. The van der Waals surface area contributed by atoms with Crippen molar-refractivity contribution in [2.45, 2.75) is 26.7 Å². The molecule has 0 saturated heterocycles. The van der Waals surface area contributed by atoms with Crippen LogP contribution in [0.1, 0.15) is 25.3 Å². The lowest BCUT2D eigenvalue weighted by Crippen LogP contribution is -2.07. The van der Waals surface area contributed by atoms with Crippen LogP contribution in [0.4, 0.5) is 5.69 Å². The van der Waals surface area contributed by atoms with Crippen molar-refractivity contribution in [1.29, 1.82) is 0 Å². The number of benzene rings is 1. The molecule has 0 aliphatic carbocycles. The second-order valence-corrected chi connectivity index (χ2v) is 4.88. The molecule has 0 aliphatic rings. The van der Waals surface area contributed by atoms with Crippen LogP contribution in [0.5, 0.6) is 5.75 Å². The quantitative estimate of drug-likeness (QED) is 0.467. The summed E-state index contributed by atoms with van der Waals surface area (Å²) in [5, 5.41) is 10.9. The van der Waals surface area contributed by atoms with Crippen LogP contribution in [0.25, 0.3) is 0 Å². The van der Waals surface area contributed by atoms with E-state index in [1.165, 1.54) is 6.07 Å². The number of hydrogen-bond donors (Lipinski definition) is 1. The van der Waals surface area contributed by atoms with Crippen molar-refractivity contribution < 1.29 is 9.66 Å². The molecule has 0 heterocycles. The number of nitrogens with zero attached hydrogens (tertiary/aromatic N) is 1. The zero-order chi connectivity index (χ0) is 13.5. The maximum absolute atomic E-state index is 10.9. The smallest absolute Gasteiger partial charge is 0.311 e. The molecule has 0 spiro atoms. The van der Waals surface area contributed by atoms with E-state index < -0.39 is 4.92 Å². The highest BCUT2D eigenvalue weighted by Crippen LogP contribution is 2.30. The molecule has 1 unspecified atom stereocenters. The van der Waals surface area contributed by atoms with E-state index >= 15 is 0 Å². The van der Waals surface area contributed by atoms with Gasteiger partial charge in [0, 0.05) is 6.07 Å². The SMILES string of the molecule is Cc1cccc([N+](=O)[O-])c1OCCC(C)CCS. The first-order valence-corrected chi connectivity index (χ1v) is 6.67. The van der Waals surface area contributed by atoms with Crippen LogP contribution in [-0.2, 0) is 0 Å². The Balaban J connectivity index is 2.64.